The third kappa shape index (κ3) is 5.02. The molecule has 0 unspecified atom stereocenters. The van der Waals surface area contributed by atoms with Gasteiger partial charge in [-0.15, -0.1) is 0 Å². The molecule has 38 heavy (non-hydrogen) atoms. The predicted molar refractivity (Wildman–Crippen MR) is 146 cm³/mol. The summed E-state index contributed by atoms with van der Waals surface area (Å²) in [5.41, 5.74) is 5.80. The highest BCUT2D eigenvalue weighted by Gasteiger charge is 2.31. The molecule has 0 aliphatic carbocycles. The number of amides is 3. The van der Waals surface area contributed by atoms with E-state index in [1.165, 1.54) is 37.7 Å². The molecule has 0 aliphatic heterocycles. The van der Waals surface area contributed by atoms with E-state index in [-0.39, 0.29) is 28.3 Å². The molecule has 2 aromatic carbocycles. The topological polar surface area (TPSA) is 127 Å². The number of nitrogens with zero attached hydrogens (tertiary/aromatic N) is 2. The van der Waals surface area contributed by atoms with E-state index in [4.69, 9.17) is 5.73 Å². The van der Waals surface area contributed by atoms with Crippen LogP contribution in [0.4, 0.5) is 27.3 Å². The maximum absolute atomic E-state index is 14.9. The van der Waals surface area contributed by atoms with Crippen LogP contribution in [0.2, 0.25) is 0 Å². The predicted octanol–water partition coefficient (Wildman–Crippen LogP) is 3.56. The Kier molecular flexibility index (Phi) is 8.04. The van der Waals surface area contributed by atoms with Crippen molar-refractivity contribution in [2.45, 2.75) is 39.5 Å². The summed E-state index contributed by atoms with van der Waals surface area (Å²) in [4.78, 5) is 52.3. The Morgan fingerprint density at radius 3 is 2.42 bits per heavy atom. The zero-order valence-corrected chi connectivity index (χ0v) is 22.3. The van der Waals surface area contributed by atoms with Crippen LogP contribution in [0.3, 0.4) is 0 Å². The van der Waals surface area contributed by atoms with Gasteiger partial charge in [0.2, 0.25) is 12.3 Å². The Labute approximate surface area is 220 Å². The molecule has 3 rings (SSSR count). The second-order valence-electron chi connectivity index (χ2n) is 9.45. The Morgan fingerprint density at radius 1 is 1.18 bits per heavy atom. The molecule has 3 amide bonds. The Balaban J connectivity index is 2.32. The van der Waals surface area contributed by atoms with E-state index in [2.05, 4.69) is 10.6 Å². The van der Waals surface area contributed by atoms with Crippen molar-refractivity contribution in [3.8, 4) is 0 Å². The fourth-order valence-electron chi connectivity index (χ4n) is 4.15. The summed E-state index contributed by atoms with van der Waals surface area (Å²) in [6, 6.07) is 11.2. The molecule has 0 fully saturated rings. The molecule has 1 aromatic heterocycles. The van der Waals surface area contributed by atoms with Crippen molar-refractivity contribution in [3.05, 3.63) is 80.9 Å². The lowest BCUT2D eigenvalue weighted by Crippen LogP contribution is -2.36. The van der Waals surface area contributed by atoms with E-state index >= 15 is 0 Å². The number of benzene rings is 2. The number of aromatic nitrogens is 1. The number of primary amides is 1. The van der Waals surface area contributed by atoms with Gasteiger partial charge < -0.3 is 16.4 Å². The van der Waals surface area contributed by atoms with Crippen molar-refractivity contribution in [2.24, 2.45) is 12.8 Å². The number of hydrogen-bond acceptors (Lipinski definition) is 5. The third-order valence-corrected chi connectivity index (χ3v) is 6.75. The zero-order chi connectivity index (χ0) is 28.4. The molecule has 0 saturated carbocycles. The van der Waals surface area contributed by atoms with Crippen molar-refractivity contribution in [2.75, 3.05) is 17.3 Å². The minimum absolute atomic E-state index is 0.00133. The number of nitrogens with two attached hydrogens (primary N) is 1. The number of halogens is 1. The van der Waals surface area contributed by atoms with Crippen molar-refractivity contribution in [3.63, 3.8) is 0 Å². The smallest absolute Gasteiger partial charge is 0.256 e. The van der Waals surface area contributed by atoms with Gasteiger partial charge in [-0.2, -0.15) is 0 Å². The summed E-state index contributed by atoms with van der Waals surface area (Å²) in [6.45, 7) is 6.70. The van der Waals surface area contributed by atoms with Gasteiger partial charge in [0.15, 0.2) is 0 Å². The molecule has 200 valence electrons. The standard InChI is InChI=1S/C28H32FN5O4/c1-7-17-11-12-21(20(29)13-17)32-24-22(25(36)31-5)23(16(2)26(37)33(24)6)34(15-35)19-10-8-9-18(14-19)28(3,4)27(30)38/h8-15,32H,7H2,1-6H3,(H2,30,38)(H,31,36). The van der Waals surface area contributed by atoms with E-state index in [1.54, 1.807) is 44.2 Å². The Bertz CT molecular complexity index is 1480. The lowest BCUT2D eigenvalue weighted by molar-refractivity contribution is -0.122. The van der Waals surface area contributed by atoms with Crippen LogP contribution in [-0.2, 0) is 28.5 Å². The summed E-state index contributed by atoms with van der Waals surface area (Å²) in [7, 11) is 2.86. The number of carbonyl (C=O) groups excluding carboxylic acids is 3. The lowest BCUT2D eigenvalue weighted by atomic mass is 9.84. The number of carbonyl (C=O) groups is 3. The number of nitrogens with one attached hydrogen (secondary N) is 2. The molecule has 1 heterocycles. The van der Waals surface area contributed by atoms with Gasteiger partial charge in [0.1, 0.15) is 17.2 Å². The van der Waals surface area contributed by atoms with E-state index in [1.807, 2.05) is 6.92 Å². The molecule has 10 heteroatoms. The molecular weight excluding hydrogens is 489 g/mol. The Morgan fingerprint density at radius 2 is 1.87 bits per heavy atom. The molecule has 0 atom stereocenters. The van der Waals surface area contributed by atoms with E-state index < -0.39 is 28.6 Å². The first-order chi connectivity index (χ1) is 17.9. The summed E-state index contributed by atoms with van der Waals surface area (Å²) in [5, 5.41) is 5.43. The highest BCUT2D eigenvalue weighted by atomic mass is 19.1. The van der Waals surface area contributed by atoms with Crippen LogP contribution in [0.5, 0.6) is 0 Å². The van der Waals surface area contributed by atoms with Crippen LogP contribution < -0.4 is 26.8 Å². The van der Waals surface area contributed by atoms with E-state index in [0.29, 0.717) is 24.1 Å². The maximum Gasteiger partial charge on any atom is 0.256 e. The average molecular weight is 522 g/mol. The summed E-state index contributed by atoms with van der Waals surface area (Å²) in [6.07, 6.45) is 1.11. The van der Waals surface area contributed by atoms with Crippen molar-refractivity contribution in [1.29, 1.82) is 0 Å². The van der Waals surface area contributed by atoms with Crippen molar-refractivity contribution in [1.82, 2.24) is 9.88 Å². The Hall–Kier alpha value is -4.47. The van der Waals surface area contributed by atoms with Gasteiger partial charge in [0.25, 0.3) is 11.5 Å². The molecular formula is C28H32FN5O4. The minimum atomic E-state index is -1.05. The largest absolute Gasteiger partial charge is 0.369 e. The van der Waals surface area contributed by atoms with Crippen LogP contribution in [0, 0.1) is 12.7 Å². The third-order valence-electron chi connectivity index (χ3n) is 6.75. The van der Waals surface area contributed by atoms with Gasteiger partial charge in [0.05, 0.1) is 16.8 Å². The first-order valence-electron chi connectivity index (χ1n) is 12.0. The molecule has 0 aliphatic rings. The summed E-state index contributed by atoms with van der Waals surface area (Å²) >= 11 is 0. The second kappa shape index (κ2) is 10.9. The minimum Gasteiger partial charge on any atom is -0.369 e. The molecule has 3 aromatic rings. The van der Waals surface area contributed by atoms with Crippen LogP contribution in [0.25, 0.3) is 0 Å². The maximum atomic E-state index is 14.9. The zero-order valence-electron chi connectivity index (χ0n) is 22.3. The fraction of sp³-hybridized carbons (Fsp3) is 0.286. The number of anilines is 4. The van der Waals surface area contributed by atoms with Gasteiger partial charge in [-0.05, 0) is 62.6 Å². The SMILES string of the molecule is CCc1ccc(Nc2c(C(=O)NC)c(N(C=O)c3cccc(C(C)(C)C(N)=O)c3)c(C)c(=O)n2C)c(F)c1. The van der Waals surface area contributed by atoms with Gasteiger partial charge in [0, 0.05) is 25.3 Å². The number of hydrogen-bond donors (Lipinski definition) is 3. The summed E-state index contributed by atoms with van der Waals surface area (Å²) < 4.78 is 16.1. The van der Waals surface area contributed by atoms with Crippen LogP contribution in [0.15, 0.2) is 47.3 Å². The van der Waals surface area contributed by atoms with Gasteiger partial charge in [-0.3, -0.25) is 28.6 Å². The second-order valence-corrected chi connectivity index (χ2v) is 9.45. The molecule has 0 bridgehead atoms. The molecule has 0 spiro atoms. The van der Waals surface area contributed by atoms with Gasteiger partial charge in [-0.25, -0.2) is 4.39 Å². The highest BCUT2D eigenvalue weighted by Crippen LogP contribution is 2.36. The first kappa shape index (κ1) is 28.1. The van der Waals surface area contributed by atoms with E-state index in [0.717, 1.165) is 10.5 Å². The van der Waals surface area contributed by atoms with Crippen molar-refractivity contribution < 1.29 is 18.8 Å². The number of aryl methyl sites for hydroxylation is 1. The molecule has 4 N–H and O–H groups in total. The summed E-state index contributed by atoms with van der Waals surface area (Å²) in [5.74, 6) is -1.73. The monoisotopic (exact) mass is 521 g/mol. The number of rotatable bonds is 9. The molecule has 0 saturated heterocycles. The van der Waals surface area contributed by atoms with Crippen molar-refractivity contribution >= 4 is 41.1 Å². The average Bonchev–Trinajstić information content (AvgIpc) is 2.90. The molecule has 9 nitrogen and oxygen atoms in total. The van der Waals surface area contributed by atoms with Gasteiger partial charge >= 0.3 is 0 Å². The fourth-order valence-corrected chi connectivity index (χ4v) is 4.15. The lowest BCUT2D eigenvalue weighted by Gasteiger charge is -2.28. The first-order valence-corrected chi connectivity index (χ1v) is 12.0. The molecule has 0 radical (unpaired) electrons. The normalized spacial score (nSPS) is 11.1. The van der Waals surface area contributed by atoms with Crippen LogP contribution >= 0.6 is 0 Å². The van der Waals surface area contributed by atoms with Gasteiger partial charge in [-0.1, -0.05) is 25.1 Å². The quantitative estimate of drug-likeness (QED) is 0.371. The van der Waals surface area contributed by atoms with E-state index in [9.17, 15) is 23.6 Å². The van der Waals surface area contributed by atoms with Crippen LogP contribution in [-0.4, -0.2) is 29.8 Å². The number of pyridine rings is 1. The van der Waals surface area contributed by atoms with Crippen LogP contribution in [0.1, 0.15) is 47.8 Å². The highest BCUT2D eigenvalue weighted by molar-refractivity contribution is 6.08.